The van der Waals surface area contributed by atoms with E-state index in [1.54, 1.807) is 0 Å². The smallest absolute Gasteiger partial charge is 0.373 e. The molecule has 2 N–H and O–H groups in total. The van der Waals surface area contributed by atoms with Crippen LogP contribution in [0, 0.1) is 0 Å². The van der Waals surface area contributed by atoms with Crippen LogP contribution >= 0.6 is 0 Å². The van der Waals surface area contributed by atoms with Crippen LogP contribution in [0.3, 0.4) is 0 Å². The van der Waals surface area contributed by atoms with Gasteiger partial charge in [-0.2, -0.15) is 26.3 Å². The van der Waals surface area contributed by atoms with E-state index in [-0.39, 0.29) is 0 Å². The van der Waals surface area contributed by atoms with Crippen LogP contribution in [-0.2, 0) is 4.79 Å². The summed E-state index contributed by atoms with van der Waals surface area (Å²) in [4.78, 5) is 10.2. The van der Waals surface area contributed by atoms with E-state index in [4.69, 9.17) is 5.11 Å². The lowest BCUT2D eigenvalue weighted by atomic mass is 9.96. The topological polar surface area (TPSA) is 49.3 Å². The lowest BCUT2D eigenvalue weighted by Gasteiger charge is -2.31. The second kappa shape index (κ2) is 7.68. The van der Waals surface area contributed by atoms with Gasteiger partial charge >= 0.3 is 12.4 Å². The third-order valence-corrected chi connectivity index (χ3v) is 1.94. The Hall–Kier alpha value is -0.830. The molecule has 19 heavy (non-hydrogen) atoms. The number of carbonyl (C=O) groups excluding carboxylic acids is 1. The summed E-state index contributed by atoms with van der Waals surface area (Å²) in [6.07, 6.45) is -13.9. The summed E-state index contributed by atoms with van der Waals surface area (Å²) in [5.41, 5.74) is -4.95. The van der Waals surface area contributed by atoms with Gasteiger partial charge in [-0.05, 0) is 20.0 Å². The maximum absolute atomic E-state index is 11.8. The average molecular weight is 297 g/mol. The lowest BCUT2D eigenvalue weighted by Crippen LogP contribution is -2.57. The molecule has 0 aromatic heterocycles. The van der Waals surface area contributed by atoms with Crippen molar-refractivity contribution >= 4 is 5.78 Å². The number of aliphatic hydroxyl groups is 1. The highest BCUT2D eigenvalue weighted by Gasteiger charge is 2.70. The number of rotatable bonds is 4. The Bertz CT molecular complexity index is 258. The molecule has 0 radical (unpaired) electrons. The highest BCUT2D eigenvalue weighted by molar-refractivity contribution is 5.76. The molecule has 0 aromatic carbocycles. The van der Waals surface area contributed by atoms with Gasteiger partial charge in [-0.15, -0.1) is 0 Å². The summed E-state index contributed by atoms with van der Waals surface area (Å²) >= 11 is 0. The fraction of sp³-hybridized carbons (Fsp3) is 0.900. The van der Waals surface area contributed by atoms with E-state index in [2.05, 4.69) is 19.2 Å². The molecule has 116 valence electrons. The molecule has 0 amide bonds. The van der Waals surface area contributed by atoms with Gasteiger partial charge in [0.05, 0.1) is 6.42 Å². The maximum Gasteiger partial charge on any atom is 0.426 e. The average Bonchev–Trinajstić information content (AvgIpc) is 2.15. The number of Topliss-reactive ketones (excluding diaryl/α,β-unsaturated/α-hetero) is 1. The first-order chi connectivity index (χ1) is 8.33. The van der Waals surface area contributed by atoms with E-state index in [9.17, 15) is 31.1 Å². The molecule has 3 nitrogen and oxygen atoms in total. The molecule has 0 bridgehead atoms. The number of hydrogen-bond donors (Lipinski definition) is 2. The Balaban J connectivity index is 0. The standard InChI is InChI=1S/C6H6F6O2.C4H11N/c1-3(13)2-4(14,5(7,8)9)6(10,11)12;1-3-5-4-2/h14H,2H2,1H3;5H,3-4H2,1-2H3. The summed E-state index contributed by atoms with van der Waals surface area (Å²) in [5.74, 6) is -1.40. The van der Waals surface area contributed by atoms with Gasteiger partial charge in [0.25, 0.3) is 5.60 Å². The van der Waals surface area contributed by atoms with Gasteiger partial charge in [0, 0.05) is 0 Å². The fourth-order valence-electron chi connectivity index (χ4n) is 0.971. The number of alkyl halides is 6. The molecular weight excluding hydrogens is 280 g/mol. The monoisotopic (exact) mass is 297 g/mol. The zero-order valence-electron chi connectivity index (χ0n) is 10.7. The van der Waals surface area contributed by atoms with Crippen molar-refractivity contribution in [2.45, 2.75) is 45.1 Å². The highest BCUT2D eigenvalue weighted by atomic mass is 19.4. The van der Waals surface area contributed by atoms with Crippen molar-refractivity contribution in [1.29, 1.82) is 0 Å². The van der Waals surface area contributed by atoms with Crippen molar-refractivity contribution in [3.8, 4) is 0 Å². The van der Waals surface area contributed by atoms with Crippen molar-refractivity contribution in [3.05, 3.63) is 0 Å². The van der Waals surface area contributed by atoms with E-state index < -0.39 is 30.2 Å². The number of nitrogens with one attached hydrogen (secondary N) is 1. The van der Waals surface area contributed by atoms with Gasteiger partial charge in [0.2, 0.25) is 0 Å². The van der Waals surface area contributed by atoms with Gasteiger partial charge < -0.3 is 10.4 Å². The van der Waals surface area contributed by atoms with Crippen molar-refractivity contribution in [2.24, 2.45) is 0 Å². The van der Waals surface area contributed by atoms with E-state index in [0.717, 1.165) is 13.1 Å². The van der Waals surface area contributed by atoms with Crippen molar-refractivity contribution in [3.63, 3.8) is 0 Å². The van der Waals surface area contributed by atoms with Crippen molar-refractivity contribution < 1.29 is 36.2 Å². The van der Waals surface area contributed by atoms with Crippen LogP contribution in [-0.4, -0.2) is 41.9 Å². The van der Waals surface area contributed by atoms with Gasteiger partial charge in [-0.1, -0.05) is 13.8 Å². The molecule has 0 aliphatic rings. The SMILES string of the molecule is CC(=O)CC(O)(C(F)(F)F)C(F)(F)F.CCNCC. The van der Waals surface area contributed by atoms with Crippen molar-refractivity contribution in [2.75, 3.05) is 13.1 Å². The largest absolute Gasteiger partial charge is 0.426 e. The quantitative estimate of drug-likeness (QED) is 0.784. The minimum Gasteiger partial charge on any atom is -0.373 e. The summed E-state index contributed by atoms with van der Waals surface area (Å²) in [6, 6.07) is 0. The third kappa shape index (κ3) is 6.76. The molecule has 0 aliphatic carbocycles. The molecule has 0 unspecified atom stereocenters. The first-order valence-electron chi connectivity index (χ1n) is 5.39. The van der Waals surface area contributed by atoms with Crippen LogP contribution in [0.4, 0.5) is 26.3 Å². The van der Waals surface area contributed by atoms with E-state index in [1.807, 2.05) is 0 Å². The molecule has 0 heterocycles. The molecule has 0 aliphatic heterocycles. The molecule has 0 aromatic rings. The summed E-state index contributed by atoms with van der Waals surface area (Å²) < 4.78 is 71.0. The first-order valence-corrected chi connectivity index (χ1v) is 5.39. The summed E-state index contributed by atoms with van der Waals surface area (Å²) in [7, 11) is 0. The van der Waals surface area contributed by atoms with Gasteiger partial charge in [0.1, 0.15) is 5.78 Å². The molecule has 0 atom stereocenters. The second-order valence-electron chi connectivity index (χ2n) is 3.69. The molecule has 0 spiro atoms. The summed E-state index contributed by atoms with van der Waals surface area (Å²) in [6.45, 7) is 6.92. The Kier molecular flexibility index (Phi) is 8.29. The predicted molar refractivity (Wildman–Crippen MR) is 56.6 cm³/mol. The molecular formula is C10H17F6NO2. The lowest BCUT2D eigenvalue weighted by molar-refractivity contribution is -0.366. The predicted octanol–water partition coefficient (Wildman–Crippen LogP) is 2.44. The Labute approximate surface area is 107 Å². The van der Waals surface area contributed by atoms with Crippen molar-refractivity contribution in [1.82, 2.24) is 5.32 Å². The Morgan fingerprint density at radius 1 is 1.00 bits per heavy atom. The van der Waals surface area contributed by atoms with E-state index in [0.29, 0.717) is 6.92 Å². The molecule has 0 saturated heterocycles. The minimum absolute atomic E-state index is 0.530. The Morgan fingerprint density at radius 2 is 1.32 bits per heavy atom. The zero-order valence-corrected chi connectivity index (χ0v) is 10.7. The third-order valence-electron chi connectivity index (χ3n) is 1.94. The number of carbonyl (C=O) groups is 1. The van der Waals surface area contributed by atoms with E-state index in [1.165, 1.54) is 0 Å². The Morgan fingerprint density at radius 3 is 1.37 bits per heavy atom. The number of halogens is 6. The number of hydrogen-bond acceptors (Lipinski definition) is 3. The first kappa shape index (κ1) is 20.5. The summed E-state index contributed by atoms with van der Waals surface area (Å²) in [5, 5.41) is 11.5. The molecule has 9 heteroatoms. The van der Waals surface area contributed by atoms with Gasteiger partial charge in [-0.3, -0.25) is 4.79 Å². The highest BCUT2D eigenvalue weighted by Crippen LogP contribution is 2.45. The fourth-order valence-corrected chi connectivity index (χ4v) is 0.971. The normalized spacial score (nSPS) is 12.7. The molecule has 0 fully saturated rings. The van der Waals surface area contributed by atoms with Crippen LogP contribution < -0.4 is 5.32 Å². The van der Waals surface area contributed by atoms with Gasteiger partial charge in [0.15, 0.2) is 0 Å². The zero-order chi connectivity index (χ0) is 15.9. The molecule has 0 rings (SSSR count). The van der Waals surface area contributed by atoms with Crippen LogP contribution in [0.2, 0.25) is 0 Å². The molecule has 0 saturated carbocycles. The van der Waals surface area contributed by atoms with Crippen LogP contribution in [0.1, 0.15) is 27.2 Å². The van der Waals surface area contributed by atoms with E-state index >= 15 is 0 Å². The van der Waals surface area contributed by atoms with Crippen LogP contribution in [0.5, 0.6) is 0 Å². The van der Waals surface area contributed by atoms with Crippen LogP contribution in [0.25, 0.3) is 0 Å². The van der Waals surface area contributed by atoms with Crippen LogP contribution in [0.15, 0.2) is 0 Å². The minimum atomic E-state index is -5.92. The maximum atomic E-state index is 11.8. The van der Waals surface area contributed by atoms with Gasteiger partial charge in [-0.25, -0.2) is 0 Å². The second-order valence-corrected chi connectivity index (χ2v) is 3.69. The number of ketones is 1.